The molecule has 0 spiro atoms. The molecule has 0 radical (unpaired) electrons. The normalized spacial score (nSPS) is 10.9. The highest BCUT2D eigenvalue weighted by molar-refractivity contribution is 5.23. The molecule has 0 heterocycles. The predicted octanol–water partition coefficient (Wildman–Crippen LogP) is 3.12. The maximum absolute atomic E-state index is 12.9. The van der Waals surface area contributed by atoms with E-state index in [4.69, 9.17) is 4.74 Å². The first-order valence-electron chi connectivity index (χ1n) is 5.98. The molecule has 0 aliphatic heterocycles. The van der Waals surface area contributed by atoms with E-state index in [0.717, 1.165) is 25.0 Å². The summed E-state index contributed by atoms with van der Waals surface area (Å²) in [5, 5.41) is 3.32. The Labute approximate surface area is 101 Å². The van der Waals surface area contributed by atoms with Gasteiger partial charge in [0.05, 0.1) is 0 Å². The van der Waals surface area contributed by atoms with Crippen LogP contribution < -0.4 is 10.1 Å². The minimum atomic E-state index is -0.879. The van der Waals surface area contributed by atoms with Gasteiger partial charge in [-0.1, -0.05) is 13.8 Å². The van der Waals surface area contributed by atoms with Gasteiger partial charge in [0.1, 0.15) is 12.4 Å². The first kappa shape index (κ1) is 13.9. The zero-order valence-corrected chi connectivity index (χ0v) is 10.3. The topological polar surface area (TPSA) is 21.3 Å². The second kappa shape index (κ2) is 7.22. The van der Waals surface area contributed by atoms with Gasteiger partial charge in [-0.25, -0.2) is 8.78 Å². The van der Waals surface area contributed by atoms with Crippen molar-refractivity contribution in [2.45, 2.75) is 32.7 Å². The van der Waals surface area contributed by atoms with Gasteiger partial charge < -0.3 is 10.1 Å². The van der Waals surface area contributed by atoms with E-state index in [9.17, 15) is 8.78 Å². The molecule has 0 bridgehead atoms. The van der Waals surface area contributed by atoms with Crippen molar-refractivity contribution in [1.29, 1.82) is 0 Å². The number of hydrogen-bond donors (Lipinski definition) is 1. The second-order valence-electron chi connectivity index (χ2n) is 3.89. The van der Waals surface area contributed by atoms with Crippen molar-refractivity contribution < 1.29 is 13.5 Å². The lowest BCUT2D eigenvalue weighted by atomic mass is 10.2. The van der Waals surface area contributed by atoms with E-state index in [1.54, 1.807) is 0 Å². The van der Waals surface area contributed by atoms with Crippen LogP contribution in [0.3, 0.4) is 0 Å². The van der Waals surface area contributed by atoms with Crippen molar-refractivity contribution in [3.63, 3.8) is 0 Å². The first-order valence-corrected chi connectivity index (χ1v) is 5.98. The predicted molar refractivity (Wildman–Crippen MR) is 64.2 cm³/mol. The summed E-state index contributed by atoms with van der Waals surface area (Å²) in [5.41, 5.74) is 0. The Morgan fingerprint density at radius 2 is 1.88 bits per heavy atom. The Hall–Kier alpha value is -1.16. The molecule has 0 atom stereocenters. The molecule has 0 saturated carbocycles. The van der Waals surface area contributed by atoms with Crippen LogP contribution in [-0.2, 0) is 0 Å². The standard InChI is InChI=1S/C13H19F2NO/c1-3-10(4-2)16-7-8-17-11-5-6-12(14)13(15)9-11/h5-6,9-10,16H,3-4,7-8H2,1-2H3. The molecular formula is C13H19F2NO. The SMILES string of the molecule is CCC(CC)NCCOc1ccc(F)c(F)c1. The second-order valence-corrected chi connectivity index (χ2v) is 3.89. The zero-order chi connectivity index (χ0) is 12.7. The molecule has 2 nitrogen and oxygen atoms in total. The molecule has 1 rings (SSSR count). The summed E-state index contributed by atoms with van der Waals surface area (Å²) in [6.07, 6.45) is 2.14. The summed E-state index contributed by atoms with van der Waals surface area (Å²) in [6.45, 7) is 5.39. The Bertz CT molecular complexity index is 340. The molecule has 0 amide bonds. The fourth-order valence-corrected chi connectivity index (χ4v) is 1.58. The van der Waals surface area contributed by atoms with Crippen molar-refractivity contribution in [3.05, 3.63) is 29.8 Å². The maximum atomic E-state index is 12.9. The van der Waals surface area contributed by atoms with E-state index < -0.39 is 11.6 Å². The first-order chi connectivity index (χ1) is 8.17. The van der Waals surface area contributed by atoms with Gasteiger partial charge in [-0.05, 0) is 25.0 Å². The molecular weight excluding hydrogens is 224 g/mol. The van der Waals surface area contributed by atoms with Gasteiger partial charge in [0.25, 0.3) is 0 Å². The molecule has 4 heteroatoms. The van der Waals surface area contributed by atoms with Gasteiger partial charge in [-0.15, -0.1) is 0 Å². The van der Waals surface area contributed by atoms with Crippen molar-refractivity contribution >= 4 is 0 Å². The van der Waals surface area contributed by atoms with Crippen molar-refractivity contribution in [2.24, 2.45) is 0 Å². The molecule has 0 fully saturated rings. The van der Waals surface area contributed by atoms with Crippen LogP contribution in [0.25, 0.3) is 0 Å². The number of nitrogens with one attached hydrogen (secondary N) is 1. The largest absolute Gasteiger partial charge is 0.492 e. The van der Waals surface area contributed by atoms with E-state index >= 15 is 0 Å². The number of halogens is 2. The molecule has 0 aliphatic carbocycles. The number of ether oxygens (including phenoxy) is 1. The third-order valence-corrected chi connectivity index (χ3v) is 2.68. The number of benzene rings is 1. The Balaban J connectivity index is 2.28. The Kier molecular flexibility index (Phi) is 5.91. The van der Waals surface area contributed by atoms with Crippen LogP contribution in [-0.4, -0.2) is 19.2 Å². The van der Waals surface area contributed by atoms with Gasteiger partial charge >= 0.3 is 0 Å². The van der Waals surface area contributed by atoms with Gasteiger partial charge in [-0.3, -0.25) is 0 Å². The average molecular weight is 243 g/mol. The van der Waals surface area contributed by atoms with Crippen molar-refractivity contribution in [3.8, 4) is 5.75 Å². The highest BCUT2D eigenvalue weighted by Crippen LogP contribution is 2.14. The van der Waals surface area contributed by atoms with Crippen LogP contribution in [0, 0.1) is 11.6 Å². The van der Waals surface area contributed by atoms with Crippen LogP contribution in [0.4, 0.5) is 8.78 Å². The van der Waals surface area contributed by atoms with E-state index in [1.165, 1.54) is 6.07 Å². The van der Waals surface area contributed by atoms with Gasteiger partial charge in [0, 0.05) is 18.7 Å². The van der Waals surface area contributed by atoms with Gasteiger partial charge in [-0.2, -0.15) is 0 Å². The highest BCUT2D eigenvalue weighted by atomic mass is 19.2. The van der Waals surface area contributed by atoms with Gasteiger partial charge in [0.15, 0.2) is 11.6 Å². The third-order valence-electron chi connectivity index (χ3n) is 2.68. The lowest BCUT2D eigenvalue weighted by Crippen LogP contribution is -2.31. The van der Waals surface area contributed by atoms with Crippen LogP contribution in [0.5, 0.6) is 5.75 Å². The minimum absolute atomic E-state index is 0.357. The average Bonchev–Trinajstić information content (AvgIpc) is 2.34. The summed E-state index contributed by atoms with van der Waals surface area (Å²) in [4.78, 5) is 0. The van der Waals surface area contributed by atoms with Crippen LogP contribution in [0.2, 0.25) is 0 Å². The summed E-state index contributed by atoms with van der Waals surface area (Å²) < 4.78 is 30.8. The van der Waals surface area contributed by atoms with E-state index in [0.29, 0.717) is 24.9 Å². The summed E-state index contributed by atoms with van der Waals surface area (Å²) in [7, 11) is 0. The summed E-state index contributed by atoms with van der Waals surface area (Å²) in [5.74, 6) is -1.38. The molecule has 17 heavy (non-hydrogen) atoms. The van der Waals surface area contributed by atoms with Crippen LogP contribution >= 0.6 is 0 Å². The fourth-order valence-electron chi connectivity index (χ4n) is 1.58. The van der Waals surface area contributed by atoms with Crippen molar-refractivity contribution in [1.82, 2.24) is 5.32 Å². The molecule has 0 aliphatic rings. The molecule has 1 N–H and O–H groups in total. The van der Waals surface area contributed by atoms with Crippen molar-refractivity contribution in [2.75, 3.05) is 13.2 Å². The quantitative estimate of drug-likeness (QED) is 0.743. The maximum Gasteiger partial charge on any atom is 0.162 e. The molecule has 96 valence electrons. The summed E-state index contributed by atoms with van der Waals surface area (Å²) >= 11 is 0. The number of hydrogen-bond acceptors (Lipinski definition) is 2. The van der Waals surface area contributed by atoms with Crippen LogP contribution in [0.15, 0.2) is 18.2 Å². The Morgan fingerprint density at radius 1 is 1.18 bits per heavy atom. The molecule has 1 aromatic carbocycles. The zero-order valence-electron chi connectivity index (χ0n) is 10.3. The van der Waals surface area contributed by atoms with E-state index in [-0.39, 0.29) is 0 Å². The highest BCUT2D eigenvalue weighted by Gasteiger charge is 2.04. The summed E-state index contributed by atoms with van der Waals surface area (Å²) in [6, 6.07) is 4.05. The molecule has 0 unspecified atom stereocenters. The van der Waals surface area contributed by atoms with Gasteiger partial charge in [0.2, 0.25) is 0 Å². The monoisotopic (exact) mass is 243 g/mol. The lowest BCUT2D eigenvalue weighted by molar-refractivity contribution is 0.300. The molecule has 0 saturated heterocycles. The minimum Gasteiger partial charge on any atom is -0.492 e. The molecule has 0 aromatic heterocycles. The smallest absolute Gasteiger partial charge is 0.162 e. The van der Waals surface area contributed by atoms with Crippen LogP contribution in [0.1, 0.15) is 26.7 Å². The fraction of sp³-hybridized carbons (Fsp3) is 0.538. The number of rotatable bonds is 7. The van der Waals surface area contributed by atoms with E-state index in [2.05, 4.69) is 19.2 Å². The Morgan fingerprint density at radius 3 is 2.47 bits per heavy atom. The lowest BCUT2D eigenvalue weighted by Gasteiger charge is -2.14. The molecule has 1 aromatic rings. The third kappa shape index (κ3) is 4.69. The van der Waals surface area contributed by atoms with E-state index in [1.807, 2.05) is 0 Å².